The first kappa shape index (κ1) is 17.3. The summed E-state index contributed by atoms with van der Waals surface area (Å²) in [5.74, 6) is 1.98. The van der Waals surface area contributed by atoms with Gasteiger partial charge in [0.05, 0.1) is 47.9 Å². The molecule has 29 heavy (non-hydrogen) atoms. The number of benzene rings is 2. The van der Waals surface area contributed by atoms with Crippen molar-refractivity contribution >= 4 is 28.3 Å². The molecule has 6 heteroatoms. The van der Waals surface area contributed by atoms with E-state index in [2.05, 4.69) is 11.1 Å². The molecule has 144 valence electrons. The van der Waals surface area contributed by atoms with Crippen LogP contribution >= 0.6 is 0 Å². The second-order valence-electron chi connectivity index (χ2n) is 6.90. The maximum atomic E-state index is 6.71. The highest BCUT2D eigenvalue weighted by Gasteiger charge is 2.25. The van der Waals surface area contributed by atoms with Gasteiger partial charge in [0, 0.05) is 30.8 Å². The number of ether oxygens (including phenoxy) is 2. The van der Waals surface area contributed by atoms with E-state index >= 15 is 0 Å². The number of methoxy groups -OCH3 is 2. The quantitative estimate of drug-likeness (QED) is 0.569. The molecule has 0 fully saturated rings. The predicted octanol–water partition coefficient (Wildman–Crippen LogP) is 4.30. The summed E-state index contributed by atoms with van der Waals surface area (Å²) in [5, 5.41) is 0. The number of aromatic nitrogens is 2. The number of anilines is 1. The van der Waals surface area contributed by atoms with Crippen molar-refractivity contribution in [3.63, 3.8) is 0 Å². The Hall–Kier alpha value is -3.80. The zero-order valence-electron chi connectivity index (χ0n) is 16.2. The number of nitrogen functional groups attached to an aromatic ring is 1. The molecule has 0 spiro atoms. The highest BCUT2D eigenvalue weighted by molar-refractivity contribution is 6.17. The van der Waals surface area contributed by atoms with Crippen molar-refractivity contribution in [2.75, 3.05) is 20.0 Å². The maximum absolute atomic E-state index is 6.71. The van der Waals surface area contributed by atoms with Crippen LogP contribution in [0.2, 0.25) is 0 Å². The zero-order valence-corrected chi connectivity index (χ0v) is 16.2. The lowest BCUT2D eigenvalue weighted by Crippen LogP contribution is -2.07. The molecule has 0 radical (unpaired) electrons. The van der Waals surface area contributed by atoms with E-state index in [0.29, 0.717) is 17.3 Å². The largest absolute Gasteiger partial charge is 0.497 e. The van der Waals surface area contributed by atoms with E-state index < -0.39 is 0 Å². The molecule has 0 saturated heterocycles. The normalized spacial score (nSPS) is 12.7. The third-order valence-electron chi connectivity index (χ3n) is 5.25. The molecular formula is C23H20N4O2. The molecule has 0 unspecified atom stereocenters. The molecule has 1 aliphatic heterocycles. The smallest absolute Gasteiger partial charge is 0.124 e. The average molecular weight is 384 g/mol. The molecule has 2 N–H and O–H groups in total. The lowest BCUT2D eigenvalue weighted by molar-refractivity contribution is 0.394. The second kappa shape index (κ2) is 6.67. The van der Waals surface area contributed by atoms with E-state index in [1.54, 1.807) is 20.4 Å². The van der Waals surface area contributed by atoms with Crippen molar-refractivity contribution in [2.45, 2.75) is 6.42 Å². The van der Waals surface area contributed by atoms with Gasteiger partial charge < -0.3 is 15.2 Å². The number of nitrogens with zero attached hydrogens (tertiary/aromatic N) is 3. The van der Waals surface area contributed by atoms with E-state index in [1.807, 2.05) is 53.1 Å². The Morgan fingerprint density at radius 1 is 0.966 bits per heavy atom. The molecule has 0 aliphatic carbocycles. The van der Waals surface area contributed by atoms with E-state index in [-0.39, 0.29) is 0 Å². The van der Waals surface area contributed by atoms with Crippen LogP contribution in [-0.4, -0.2) is 29.5 Å². The van der Waals surface area contributed by atoms with Gasteiger partial charge in [-0.05, 0) is 23.8 Å². The third kappa shape index (κ3) is 2.72. The Labute approximate surface area is 168 Å². The van der Waals surface area contributed by atoms with Gasteiger partial charge in [-0.1, -0.05) is 18.2 Å². The van der Waals surface area contributed by atoms with E-state index in [4.69, 9.17) is 20.2 Å². The predicted molar refractivity (Wildman–Crippen MR) is 115 cm³/mol. The minimum atomic E-state index is 0.598. The van der Waals surface area contributed by atoms with Crippen LogP contribution in [0.5, 0.6) is 11.5 Å². The minimum Gasteiger partial charge on any atom is -0.497 e. The van der Waals surface area contributed by atoms with E-state index in [0.717, 1.165) is 40.1 Å². The number of hydrogen-bond acceptors (Lipinski definition) is 5. The van der Waals surface area contributed by atoms with E-state index in [9.17, 15) is 0 Å². The highest BCUT2D eigenvalue weighted by atomic mass is 16.5. The molecule has 0 amide bonds. The van der Waals surface area contributed by atoms with Crippen LogP contribution in [0.4, 0.5) is 11.5 Å². The van der Waals surface area contributed by atoms with Gasteiger partial charge in [0.2, 0.25) is 0 Å². The molecule has 4 aromatic rings. The van der Waals surface area contributed by atoms with Gasteiger partial charge in [-0.25, -0.2) is 0 Å². The third-order valence-corrected chi connectivity index (χ3v) is 5.25. The van der Waals surface area contributed by atoms with Crippen molar-refractivity contribution in [2.24, 2.45) is 4.99 Å². The molecule has 2 aromatic heterocycles. The first-order chi connectivity index (χ1) is 14.2. The monoisotopic (exact) mass is 384 g/mol. The summed E-state index contributed by atoms with van der Waals surface area (Å²) >= 11 is 0. The van der Waals surface area contributed by atoms with Crippen molar-refractivity contribution in [1.29, 1.82) is 0 Å². The van der Waals surface area contributed by atoms with E-state index in [1.165, 1.54) is 5.56 Å². The van der Waals surface area contributed by atoms with Crippen LogP contribution < -0.4 is 15.2 Å². The Bertz CT molecular complexity index is 1250. The average Bonchev–Trinajstić information content (AvgIpc) is 3.30. The first-order valence-corrected chi connectivity index (χ1v) is 9.34. The lowest BCUT2D eigenvalue weighted by Gasteiger charge is -2.12. The van der Waals surface area contributed by atoms with Crippen molar-refractivity contribution in [3.05, 3.63) is 71.9 Å². The summed E-state index contributed by atoms with van der Waals surface area (Å²) < 4.78 is 12.9. The van der Waals surface area contributed by atoms with Crippen LogP contribution in [0.3, 0.4) is 0 Å². The van der Waals surface area contributed by atoms with Gasteiger partial charge in [0.15, 0.2) is 0 Å². The summed E-state index contributed by atoms with van der Waals surface area (Å²) in [6.45, 7) is 0. The summed E-state index contributed by atoms with van der Waals surface area (Å²) in [5.41, 5.74) is 13.3. The number of nitrogens with two attached hydrogens (primary N) is 1. The van der Waals surface area contributed by atoms with Gasteiger partial charge in [-0.15, -0.1) is 0 Å². The summed E-state index contributed by atoms with van der Waals surface area (Å²) in [6.07, 6.45) is 2.52. The molecule has 0 saturated carbocycles. The number of hydrogen-bond donors (Lipinski definition) is 1. The zero-order chi connectivity index (χ0) is 20.0. The van der Waals surface area contributed by atoms with Gasteiger partial charge in [0.25, 0.3) is 0 Å². The number of pyridine rings is 1. The molecule has 0 atom stereocenters. The standard InChI is InChI=1S/C23H20N4O2/c1-28-16-11-15(12-17(13-16)29-2)27-20-8-5-9-25-22(20)21(23(27)24)19-10-14-6-3-4-7-18(14)26-19/h3-9,11-13H,10,24H2,1-2H3. The fourth-order valence-corrected chi connectivity index (χ4v) is 3.90. The van der Waals surface area contributed by atoms with Gasteiger partial charge in [-0.2, -0.15) is 0 Å². The molecule has 1 aliphatic rings. The molecular weight excluding hydrogens is 364 g/mol. The topological polar surface area (TPSA) is 74.7 Å². The number of para-hydroxylation sites is 1. The van der Waals surface area contributed by atoms with Crippen LogP contribution in [0.25, 0.3) is 16.7 Å². The lowest BCUT2D eigenvalue weighted by atomic mass is 10.1. The number of aliphatic imine (C=N–C) groups is 1. The van der Waals surface area contributed by atoms with Crippen LogP contribution in [-0.2, 0) is 6.42 Å². The fourth-order valence-electron chi connectivity index (χ4n) is 3.90. The first-order valence-electron chi connectivity index (χ1n) is 9.34. The Morgan fingerprint density at radius 2 is 1.72 bits per heavy atom. The number of fused-ring (bicyclic) bond motifs is 2. The SMILES string of the molecule is COc1cc(OC)cc(-n2c(N)c(C3=Nc4ccccc4C3)c3ncccc32)c1. The van der Waals surface area contributed by atoms with Gasteiger partial charge in [0.1, 0.15) is 17.3 Å². The number of rotatable bonds is 4. The van der Waals surface area contributed by atoms with Gasteiger partial charge in [-0.3, -0.25) is 14.5 Å². The Morgan fingerprint density at radius 3 is 2.45 bits per heavy atom. The molecule has 0 bridgehead atoms. The highest BCUT2D eigenvalue weighted by Crippen LogP contribution is 2.37. The van der Waals surface area contributed by atoms with Crippen LogP contribution in [0.1, 0.15) is 11.1 Å². The second-order valence-corrected chi connectivity index (χ2v) is 6.90. The fraction of sp³-hybridized carbons (Fsp3) is 0.130. The van der Waals surface area contributed by atoms with Crippen LogP contribution in [0.15, 0.2) is 65.8 Å². The molecule has 6 nitrogen and oxygen atoms in total. The van der Waals surface area contributed by atoms with Crippen molar-refractivity contribution in [1.82, 2.24) is 9.55 Å². The summed E-state index contributed by atoms with van der Waals surface area (Å²) in [7, 11) is 3.26. The summed E-state index contributed by atoms with van der Waals surface area (Å²) in [6, 6.07) is 17.8. The molecule has 2 aromatic carbocycles. The van der Waals surface area contributed by atoms with Gasteiger partial charge >= 0.3 is 0 Å². The maximum Gasteiger partial charge on any atom is 0.124 e. The Balaban J connectivity index is 1.75. The van der Waals surface area contributed by atoms with Crippen molar-refractivity contribution < 1.29 is 9.47 Å². The summed E-state index contributed by atoms with van der Waals surface area (Å²) in [4.78, 5) is 9.48. The Kier molecular flexibility index (Phi) is 3.98. The van der Waals surface area contributed by atoms with Crippen LogP contribution in [0, 0.1) is 0 Å². The molecule has 5 rings (SSSR count). The minimum absolute atomic E-state index is 0.598. The van der Waals surface area contributed by atoms with Crippen molar-refractivity contribution in [3.8, 4) is 17.2 Å². The molecule has 3 heterocycles.